The molecule has 2 N–H and O–H groups in total. The van der Waals surface area contributed by atoms with Gasteiger partial charge in [0.2, 0.25) is 0 Å². The SMILES string of the molecule is O=C(O)c1cc(N2CC(O)(c3ccc(OCc4c(-c5c(Cl)cccc5Cl)noc4C4CC4)cc3Cl)C2)nc(C(F)(F)F)c1. The maximum absolute atomic E-state index is 13.3. The van der Waals surface area contributed by atoms with Gasteiger partial charge in [0.05, 0.1) is 39.3 Å². The minimum absolute atomic E-state index is 0.0765. The first-order chi connectivity index (χ1) is 20.3. The molecule has 1 saturated carbocycles. The molecule has 0 atom stereocenters. The van der Waals surface area contributed by atoms with Gasteiger partial charge in [-0.3, -0.25) is 0 Å². The molecule has 2 fully saturated rings. The van der Waals surface area contributed by atoms with Gasteiger partial charge in [-0.15, -0.1) is 0 Å². The predicted octanol–water partition coefficient (Wildman–Crippen LogP) is 7.58. The second-order valence-electron chi connectivity index (χ2n) is 10.5. The van der Waals surface area contributed by atoms with Crippen molar-refractivity contribution < 1.29 is 37.4 Å². The maximum atomic E-state index is 13.3. The fourth-order valence-electron chi connectivity index (χ4n) is 5.03. The summed E-state index contributed by atoms with van der Waals surface area (Å²) in [7, 11) is 0. The van der Waals surface area contributed by atoms with E-state index in [2.05, 4.69) is 10.1 Å². The fourth-order valence-corrected chi connectivity index (χ4v) is 5.95. The molecule has 0 spiro atoms. The highest BCUT2D eigenvalue weighted by Gasteiger charge is 2.45. The molecule has 3 heterocycles. The van der Waals surface area contributed by atoms with Gasteiger partial charge in [0.25, 0.3) is 0 Å². The van der Waals surface area contributed by atoms with Gasteiger partial charge in [-0.25, -0.2) is 9.78 Å². The van der Waals surface area contributed by atoms with E-state index in [4.69, 9.17) is 44.1 Å². The number of halogens is 6. The number of benzene rings is 2. The zero-order valence-electron chi connectivity index (χ0n) is 22.0. The lowest BCUT2D eigenvalue weighted by atomic mass is 9.86. The standard InChI is InChI=1S/C29H21Cl3F3N3O5/c30-19-2-1-3-20(31)24(19)25-17(26(43-37-25)14-4-5-14)11-42-16-6-7-18(21(32)10-16)28(41)12-38(13-28)23-9-15(27(39)40)8-22(36-23)29(33,34)35/h1-3,6-10,14,41H,4-5,11-13H2,(H,39,40). The molecule has 0 radical (unpaired) electrons. The van der Waals surface area contributed by atoms with Crippen LogP contribution in [0.1, 0.15) is 51.7 Å². The molecule has 43 heavy (non-hydrogen) atoms. The van der Waals surface area contributed by atoms with Crippen LogP contribution in [0.15, 0.2) is 53.1 Å². The van der Waals surface area contributed by atoms with Crippen LogP contribution in [0.5, 0.6) is 5.75 Å². The van der Waals surface area contributed by atoms with Gasteiger partial charge in [-0.2, -0.15) is 13.2 Å². The number of β-amino-alcohol motifs (C(OH)–C–C–N with tert-alkyl or cyclic N) is 1. The number of pyridine rings is 1. The van der Waals surface area contributed by atoms with Crippen LogP contribution >= 0.6 is 34.8 Å². The van der Waals surface area contributed by atoms with Crippen LogP contribution in [-0.4, -0.2) is 39.4 Å². The van der Waals surface area contributed by atoms with Crippen molar-refractivity contribution in [3.63, 3.8) is 0 Å². The molecule has 4 aromatic rings. The molecular formula is C29H21Cl3F3N3O5. The Morgan fingerprint density at radius 1 is 1.07 bits per heavy atom. The van der Waals surface area contributed by atoms with Crippen LogP contribution in [0.4, 0.5) is 19.0 Å². The van der Waals surface area contributed by atoms with Crippen LogP contribution in [0.25, 0.3) is 11.3 Å². The first kappa shape index (κ1) is 29.6. The van der Waals surface area contributed by atoms with Crippen molar-refractivity contribution in [1.29, 1.82) is 0 Å². The average molecular weight is 655 g/mol. The van der Waals surface area contributed by atoms with Crippen molar-refractivity contribution in [2.24, 2.45) is 0 Å². The van der Waals surface area contributed by atoms with E-state index in [1.807, 2.05) is 0 Å². The molecule has 8 nitrogen and oxygen atoms in total. The van der Waals surface area contributed by atoms with Crippen LogP contribution in [0.3, 0.4) is 0 Å². The number of aliphatic hydroxyl groups is 1. The Morgan fingerprint density at radius 3 is 2.37 bits per heavy atom. The number of carboxylic acid groups (broad SMARTS) is 1. The summed E-state index contributed by atoms with van der Waals surface area (Å²) in [5.41, 5.74) is -1.36. The number of hydrogen-bond acceptors (Lipinski definition) is 7. The number of carbonyl (C=O) groups is 1. The van der Waals surface area contributed by atoms with Crippen LogP contribution in [-0.2, 0) is 18.4 Å². The number of nitrogens with zero attached hydrogens (tertiary/aromatic N) is 3. The molecule has 1 aliphatic heterocycles. The highest BCUT2D eigenvalue weighted by Crippen LogP contribution is 2.46. The predicted molar refractivity (Wildman–Crippen MR) is 152 cm³/mol. The molecule has 2 aromatic heterocycles. The lowest BCUT2D eigenvalue weighted by molar-refractivity contribution is -0.141. The van der Waals surface area contributed by atoms with E-state index >= 15 is 0 Å². The molecule has 1 aliphatic carbocycles. The van der Waals surface area contributed by atoms with Gasteiger partial charge in [0.15, 0.2) is 0 Å². The first-order valence-corrected chi connectivity index (χ1v) is 14.1. The van der Waals surface area contributed by atoms with Crippen LogP contribution in [0, 0.1) is 0 Å². The summed E-state index contributed by atoms with van der Waals surface area (Å²) < 4.78 is 51.6. The van der Waals surface area contributed by atoms with Crippen LogP contribution < -0.4 is 9.64 Å². The molecular weight excluding hydrogens is 634 g/mol. The van der Waals surface area contributed by atoms with E-state index in [0.29, 0.717) is 50.0 Å². The summed E-state index contributed by atoms with van der Waals surface area (Å²) in [6.07, 6.45) is -2.92. The molecule has 0 amide bonds. The molecule has 224 valence electrons. The Balaban J connectivity index is 1.20. The Kier molecular flexibility index (Phi) is 7.48. The minimum Gasteiger partial charge on any atom is -0.489 e. The minimum atomic E-state index is -4.84. The number of aromatic nitrogens is 2. The van der Waals surface area contributed by atoms with Crippen molar-refractivity contribution in [1.82, 2.24) is 10.1 Å². The fraction of sp³-hybridized carbons (Fsp3) is 0.276. The third-order valence-electron chi connectivity index (χ3n) is 7.37. The van der Waals surface area contributed by atoms with Gasteiger partial charge < -0.3 is 24.4 Å². The topological polar surface area (TPSA) is 109 Å². The molecule has 1 saturated heterocycles. The van der Waals surface area contributed by atoms with Crippen molar-refractivity contribution in [3.8, 4) is 17.0 Å². The Hall–Kier alpha value is -3.51. The summed E-state index contributed by atoms with van der Waals surface area (Å²) in [6, 6.07) is 11.3. The largest absolute Gasteiger partial charge is 0.489 e. The summed E-state index contributed by atoms with van der Waals surface area (Å²) >= 11 is 19.4. The zero-order valence-corrected chi connectivity index (χ0v) is 24.2. The van der Waals surface area contributed by atoms with Gasteiger partial charge in [0, 0.05) is 17.0 Å². The van der Waals surface area contributed by atoms with Crippen molar-refractivity contribution in [3.05, 3.63) is 91.7 Å². The van der Waals surface area contributed by atoms with Gasteiger partial charge in [-0.1, -0.05) is 52.1 Å². The smallest absolute Gasteiger partial charge is 0.433 e. The van der Waals surface area contributed by atoms with E-state index in [9.17, 15) is 28.2 Å². The molecule has 2 aliphatic rings. The highest BCUT2D eigenvalue weighted by atomic mass is 35.5. The van der Waals surface area contributed by atoms with E-state index in [-0.39, 0.29) is 36.5 Å². The van der Waals surface area contributed by atoms with Crippen LogP contribution in [0.2, 0.25) is 15.1 Å². The second-order valence-corrected chi connectivity index (χ2v) is 11.7. The summed E-state index contributed by atoms with van der Waals surface area (Å²) in [5, 5.41) is 25.7. The number of rotatable bonds is 8. The lowest BCUT2D eigenvalue weighted by Gasteiger charge is -2.47. The summed E-state index contributed by atoms with van der Waals surface area (Å²) in [6.45, 7) is -0.242. The number of ether oxygens (including phenoxy) is 1. The highest BCUT2D eigenvalue weighted by molar-refractivity contribution is 6.39. The molecule has 14 heteroatoms. The van der Waals surface area contributed by atoms with E-state index in [0.717, 1.165) is 18.9 Å². The van der Waals surface area contributed by atoms with E-state index < -0.39 is 29.0 Å². The van der Waals surface area contributed by atoms with E-state index in [1.54, 1.807) is 30.3 Å². The number of carboxylic acids is 1. The third-order valence-corrected chi connectivity index (χ3v) is 8.31. The van der Waals surface area contributed by atoms with Gasteiger partial charge in [0.1, 0.15) is 40.9 Å². The molecule has 2 aromatic carbocycles. The monoisotopic (exact) mass is 653 g/mol. The Morgan fingerprint density at radius 2 is 1.77 bits per heavy atom. The summed E-state index contributed by atoms with van der Waals surface area (Å²) in [5.74, 6) is -0.436. The van der Waals surface area contributed by atoms with Crippen molar-refractivity contribution in [2.45, 2.75) is 37.1 Å². The Labute approximate surface area is 257 Å². The third kappa shape index (κ3) is 5.74. The summed E-state index contributed by atoms with van der Waals surface area (Å²) in [4.78, 5) is 16.3. The first-order valence-electron chi connectivity index (χ1n) is 13.0. The molecule has 6 rings (SSSR count). The number of aromatic carboxylic acids is 1. The Bertz CT molecular complexity index is 1720. The van der Waals surface area contributed by atoms with Gasteiger partial charge >= 0.3 is 12.1 Å². The molecule has 0 bridgehead atoms. The zero-order chi connectivity index (χ0) is 30.7. The normalized spacial score (nSPS) is 16.2. The lowest BCUT2D eigenvalue weighted by Crippen LogP contribution is -2.60. The van der Waals surface area contributed by atoms with Crippen molar-refractivity contribution >= 4 is 46.6 Å². The average Bonchev–Trinajstić information content (AvgIpc) is 3.69. The molecule has 0 unspecified atom stereocenters. The van der Waals surface area contributed by atoms with E-state index in [1.165, 1.54) is 11.0 Å². The van der Waals surface area contributed by atoms with Gasteiger partial charge in [-0.05, 0) is 49.2 Å². The number of hydrogen-bond donors (Lipinski definition) is 2. The second kappa shape index (κ2) is 10.9. The van der Waals surface area contributed by atoms with Crippen molar-refractivity contribution in [2.75, 3.05) is 18.0 Å². The number of alkyl halides is 3. The number of anilines is 1. The maximum Gasteiger partial charge on any atom is 0.433 e. The quantitative estimate of drug-likeness (QED) is 0.200.